The summed E-state index contributed by atoms with van der Waals surface area (Å²) in [7, 11) is 2.07. The van der Waals surface area contributed by atoms with Crippen molar-refractivity contribution in [2.75, 3.05) is 36.2 Å². The molecule has 2 N–H and O–H groups in total. The van der Waals surface area contributed by atoms with E-state index in [0.29, 0.717) is 0 Å². The number of rotatable bonds is 6. The molecule has 17 heavy (non-hydrogen) atoms. The second kappa shape index (κ2) is 6.64. The molecule has 0 amide bonds. The van der Waals surface area contributed by atoms with Gasteiger partial charge in [0.05, 0.1) is 6.10 Å². The summed E-state index contributed by atoms with van der Waals surface area (Å²) in [6.45, 7) is 5.03. The van der Waals surface area contributed by atoms with E-state index in [2.05, 4.69) is 18.2 Å². The molecule has 96 valence electrons. The number of hydrogen-bond donors (Lipinski definition) is 1. The number of thioether (sulfide) groups is 1. The van der Waals surface area contributed by atoms with E-state index in [1.165, 1.54) is 0 Å². The van der Waals surface area contributed by atoms with Crippen molar-refractivity contribution in [3.8, 4) is 5.75 Å². The molecule has 0 aliphatic rings. The molecular weight excluding hydrogens is 232 g/mol. The summed E-state index contributed by atoms with van der Waals surface area (Å²) < 4.78 is 5.68. The van der Waals surface area contributed by atoms with Gasteiger partial charge in [-0.15, -0.1) is 0 Å². The summed E-state index contributed by atoms with van der Waals surface area (Å²) in [5.74, 6) is 1.94. The van der Waals surface area contributed by atoms with Gasteiger partial charge in [0.15, 0.2) is 0 Å². The Balaban J connectivity index is 2.81. The summed E-state index contributed by atoms with van der Waals surface area (Å²) in [5.41, 5.74) is 7.74. The Morgan fingerprint density at radius 2 is 2.06 bits per heavy atom. The van der Waals surface area contributed by atoms with Crippen molar-refractivity contribution in [3.63, 3.8) is 0 Å². The zero-order valence-corrected chi connectivity index (χ0v) is 11.9. The zero-order chi connectivity index (χ0) is 12.8. The van der Waals surface area contributed by atoms with Crippen LogP contribution in [-0.4, -0.2) is 31.7 Å². The molecule has 0 unspecified atom stereocenters. The number of nitrogen functional groups attached to an aromatic ring is 1. The van der Waals surface area contributed by atoms with Crippen LogP contribution < -0.4 is 15.4 Å². The molecule has 1 aromatic rings. The normalized spacial score (nSPS) is 10.6. The molecule has 0 saturated carbocycles. The lowest BCUT2D eigenvalue weighted by atomic mass is 10.2. The molecule has 3 nitrogen and oxygen atoms in total. The maximum absolute atomic E-state index is 5.89. The van der Waals surface area contributed by atoms with E-state index in [1.54, 1.807) is 0 Å². The summed E-state index contributed by atoms with van der Waals surface area (Å²) in [6, 6.07) is 5.89. The van der Waals surface area contributed by atoms with Gasteiger partial charge in [-0.25, -0.2) is 0 Å². The van der Waals surface area contributed by atoms with E-state index in [-0.39, 0.29) is 6.10 Å². The van der Waals surface area contributed by atoms with E-state index < -0.39 is 0 Å². The van der Waals surface area contributed by atoms with Crippen LogP contribution >= 0.6 is 11.8 Å². The molecule has 0 spiro atoms. The van der Waals surface area contributed by atoms with Gasteiger partial charge >= 0.3 is 0 Å². The van der Waals surface area contributed by atoms with E-state index in [4.69, 9.17) is 10.5 Å². The first kappa shape index (κ1) is 14.0. The van der Waals surface area contributed by atoms with Crippen LogP contribution in [0.15, 0.2) is 18.2 Å². The Labute approximate surface area is 108 Å². The minimum Gasteiger partial charge on any atom is -0.491 e. The molecule has 0 aliphatic heterocycles. The van der Waals surface area contributed by atoms with Gasteiger partial charge in [0.25, 0.3) is 0 Å². The quantitative estimate of drug-likeness (QED) is 0.792. The van der Waals surface area contributed by atoms with Crippen molar-refractivity contribution >= 4 is 23.1 Å². The van der Waals surface area contributed by atoms with Crippen molar-refractivity contribution in [2.45, 2.75) is 20.0 Å². The fourth-order valence-corrected chi connectivity index (χ4v) is 1.98. The summed E-state index contributed by atoms with van der Waals surface area (Å²) in [5, 5.41) is 0. The van der Waals surface area contributed by atoms with Crippen molar-refractivity contribution in [1.29, 1.82) is 0 Å². The first-order chi connectivity index (χ1) is 8.02. The van der Waals surface area contributed by atoms with Crippen molar-refractivity contribution in [3.05, 3.63) is 18.2 Å². The average molecular weight is 254 g/mol. The summed E-state index contributed by atoms with van der Waals surface area (Å²) in [6.07, 6.45) is 2.28. The van der Waals surface area contributed by atoms with E-state index >= 15 is 0 Å². The highest BCUT2D eigenvalue weighted by Gasteiger charge is 2.05. The highest BCUT2D eigenvalue weighted by molar-refractivity contribution is 7.98. The summed E-state index contributed by atoms with van der Waals surface area (Å²) >= 11 is 1.84. The lowest BCUT2D eigenvalue weighted by Crippen LogP contribution is -2.20. The lowest BCUT2D eigenvalue weighted by molar-refractivity contribution is 0.242. The number of anilines is 2. The van der Waals surface area contributed by atoms with Gasteiger partial charge in [0, 0.05) is 42.9 Å². The smallest absolute Gasteiger partial charge is 0.123 e. The molecule has 0 heterocycles. The molecule has 0 saturated heterocycles. The molecule has 4 heteroatoms. The van der Waals surface area contributed by atoms with Gasteiger partial charge in [-0.3, -0.25) is 0 Å². The molecule has 0 aliphatic carbocycles. The standard InChI is InChI=1S/C13H22N2OS/c1-10(2)16-13-8-11(14)7-12(9-13)15(3)5-6-17-4/h7-10H,5-6,14H2,1-4H3. The van der Waals surface area contributed by atoms with Crippen molar-refractivity contribution in [1.82, 2.24) is 0 Å². The van der Waals surface area contributed by atoms with Crippen LogP contribution in [0.5, 0.6) is 5.75 Å². The van der Waals surface area contributed by atoms with Gasteiger partial charge in [-0.05, 0) is 26.2 Å². The van der Waals surface area contributed by atoms with Crippen LogP contribution in [-0.2, 0) is 0 Å². The lowest BCUT2D eigenvalue weighted by Gasteiger charge is -2.21. The highest BCUT2D eigenvalue weighted by atomic mass is 32.2. The van der Waals surface area contributed by atoms with Gasteiger partial charge in [-0.2, -0.15) is 11.8 Å². The van der Waals surface area contributed by atoms with Gasteiger partial charge in [0.1, 0.15) is 5.75 Å². The molecular formula is C13H22N2OS. The third-order valence-electron chi connectivity index (χ3n) is 2.36. The van der Waals surface area contributed by atoms with Crippen LogP contribution in [0.2, 0.25) is 0 Å². The minimum absolute atomic E-state index is 0.168. The number of benzene rings is 1. The molecule has 0 fully saturated rings. The number of nitrogens with zero attached hydrogens (tertiary/aromatic N) is 1. The number of nitrogens with two attached hydrogens (primary N) is 1. The van der Waals surface area contributed by atoms with Crippen LogP contribution in [0.4, 0.5) is 11.4 Å². The molecule has 1 rings (SSSR count). The van der Waals surface area contributed by atoms with E-state index in [9.17, 15) is 0 Å². The molecule has 0 atom stereocenters. The first-order valence-corrected chi connectivity index (χ1v) is 7.19. The highest BCUT2D eigenvalue weighted by Crippen LogP contribution is 2.25. The average Bonchev–Trinajstić information content (AvgIpc) is 2.24. The Morgan fingerprint density at radius 1 is 1.35 bits per heavy atom. The fourth-order valence-electron chi connectivity index (χ4n) is 1.52. The maximum Gasteiger partial charge on any atom is 0.123 e. The van der Waals surface area contributed by atoms with Crippen LogP contribution in [0.3, 0.4) is 0 Å². The fraction of sp³-hybridized carbons (Fsp3) is 0.538. The molecule has 0 aromatic heterocycles. The predicted molar refractivity (Wildman–Crippen MR) is 78.3 cm³/mol. The molecule has 1 aromatic carbocycles. The molecule has 0 bridgehead atoms. The Kier molecular flexibility index (Phi) is 5.48. The monoisotopic (exact) mass is 254 g/mol. The van der Waals surface area contributed by atoms with Crippen molar-refractivity contribution in [2.24, 2.45) is 0 Å². The maximum atomic E-state index is 5.89. The predicted octanol–water partition coefficient (Wildman–Crippen LogP) is 2.86. The Hall–Kier alpha value is -1.03. The SMILES string of the molecule is CSCCN(C)c1cc(N)cc(OC(C)C)c1. The van der Waals surface area contributed by atoms with Crippen LogP contribution in [0.25, 0.3) is 0 Å². The minimum atomic E-state index is 0.168. The van der Waals surface area contributed by atoms with Gasteiger partial charge < -0.3 is 15.4 Å². The summed E-state index contributed by atoms with van der Waals surface area (Å²) in [4.78, 5) is 2.19. The zero-order valence-electron chi connectivity index (χ0n) is 11.1. The van der Waals surface area contributed by atoms with Gasteiger partial charge in [0.2, 0.25) is 0 Å². The topological polar surface area (TPSA) is 38.5 Å². The Bertz CT molecular complexity index is 355. The second-order valence-electron chi connectivity index (χ2n) is 4.34. The third kappa shape index (κ3) is 4.77. The van der Waals surface area contributed by atoms with Crippen LogP contribution in [0, 0.1) is 0 Å². The first-order valence-electron chi connectivity index (χ1n) is 5.80. The van der Waals surface area contributed by atoms with Gasteiger partial charge in [-0.1, -0.05) is 0 Å². The van der Waals surface area contributed by atoms with Crippen molar-refractivity contribution < 1.29 is 4.74 Å². The van der Waals surface area contributed by atoms with E-state index in [0.717, 1.165) is 29.4 Å². The Morgan fingerprint density at radius 3 is 2.65 bits per heavy atom. The largest absolute Gasteiger partial charge is 0.491 e. The van der Waals surface area contributed by atoms with Crippen LogP contribution in [0.1, 0.15) is 13.8 Å². The number of hydrogen-bond acceptors (Lipinski definition) is 4. The number of ether oxygens (including phenoxy) is 1. The third-order valence-corrected chi connectivity index (χ3v) is 2.95. The van der Waals surface area contributed by atoms with E-state index in [1.807, 2.05) is 43.8 Å². The molecule has 0 radical (unpaired) electrons. The second-order valence-corrected chi connectivity index (χ2v) is 5.33.